The van der Waals surface area contributed by atoms with Crippen LogP contribution in [0.5, 0.6) is 0 Å². The molecule has 0 spiro atoms. The van der Waals surface area contributed by atoms with Crippen LogP contribution in [-0.2, 0) is 0 Å². The second-order valence-electron chi connectivity index (χ2n) is 2.97. The molecule has 0 saturated carbocycles. The number of hydrogen-bond donors (Lipinski definition) is 2. The van der Waals surface area contributed by atoms with Gasteiger partial charge in [0.15, 0.2) is 0 Å². The van der Waals surface area contributed by atoms with Gasteiger partial charge in [-0.1, -0.05) is 11.6 Å². The summed E-state index contributed by atoms with van der Waals surface area (Å²) in [4.78, 5) is 0. The Bertz CT molecular complexity index is 304. The molecular weight excluding hydrogens is 193 g/mol. The normalized spacial score (nSPS) is 15.5. The molecule has 0 aliphatic rings. The van der Waals surface area contributed by atoms with Gasteiger partial charge in [0, 0.05) is 16.6 Å². The van der Waals surface area contributed by atoms with Gasteiger partial charge in [0.2, 0.25) is 0 Å². The molecule has 0 fully saturated rings. The van der Waals surface area contributed by atoms with Crippen LogP contribution in [0.3, 0.4) is 0 Å². The van der Waals surface area contributed by atoms with E-state index in [1.54, 1.807) is 6.92 Å². The predicted molar refractivity (Wildman–Crippen MR) is 50.0 cm³/mol. The molecule has 2 atom stereocenters. The summed E-state index contributed by atoms with van der Waals surface area (Å²) < 4.78 is 13.1. The molecular formula is C9H11ClFNO. The van der Waals surface area contributed by atoms with E-state index in [9.17, 15) is 9.50 Å². The summed E-state index contributed by atoms with van der Waals surface area (Å²) in [7, 11) is 0. The lowest BCUT2D eigenvalue weighted by Crippen LogP contribution is -2.25. The van der Waals surface area contributed by atoms with Crippen LogP contribution in [0.1, 0.15) is 18.6 Å². The first-order valence-electron chi connectivity index (χ1n) is 3.91. The van der Waals surface area contributed by atoms with Crippen molar-refractivity contribution >= 4 is 11.6 Å². The Hall–Kier alpha value is -0.640. The Morgan fingerprint density at radius 3 is 2.69 bits per heavy atom. The van der Waals surface area contributed by atoms with Gasteiger partial charge in [-0.15, -0.1) is 0 Å². The van der Waals surface area contributed by atoms with Gasteiger partial charge in [-0.25, -0.2) is 4.39 Å². The summed E-state index contributed by atoms with van der Waals surface area (Å²) in [6.07, 6.45) is -1.02. The van der Waals surface area contributed by atoms with E-state index in [1.807, 2.05) is 0 Å². The molecule has 0 aromatic heterocycles. The molecule has 72 valence electrons. The maximum absolute atomic E-state index is 13.1. The van der Waals surface area contributed by atoms with Crippen molar-refractivity contribution in [2.24, 2.45) is 5.73 Å². The number of rotatable bonds is 2. The Labute approximate surface area is 81.1 Å². The smallest absolute Gasteiger partial charge is 0.129 e. The molecule has 3 N–H and O–H groups in total. The van der Waals surface area contributed by atoms with Crippen molar-refractivity contribution in [3.8, 4) is 0 Å². The van der Waals surface area contributed by atoms with Crippen molar-refractivity contribution in [2.45, 2.75) is 19.1 Å². The average molecular weight is 204 g/mol. The van der Waals surface area contributed by atoms with Crippen LogP contribution in [0.25, 0.3) is 0 Å². The zero-order valence-corrected chi connectivity index (χ0v) is 7.92. The first-order chi connectivity index (χ1) is 6.02. The quantitative estimate of drug-likeness (QED) is 0.771. The van der Waals surface area contributed by atoms with Crippen molar-refractivity contribution < 1.29 is 9.50 Å². The molecule has 4 heteroatoms. The number of hydrogen-bond acceptors (Lipinski definition) is 2. The molecule has 2 nitrogen and oxygen atoms in total. The van der Waals surface area contributed by atoms with Crippen molar-refractivity contribution in [1.82, 2.24) is 0 Å². The molecule has 1 aromatic carbocycles. The van der Waals surface area contributed by atoms with Gasteiger partial charge >= 0.3 is 0 Å². The summed E-state index contributed by atoms with van der Waals surface area (Å²) in [6, 6.07) is 3.50. The van der Waals surface area contributed by atoms with E-state index in [4.69, 9.17) is 17.3 Å². The van der Waals surface area contributed by atoms with Crippen molar-refractivity contribution in [1.29, 1.82) is 0 Å². The molecule has 13 heavy (non-hydrogen) atoms. The minimum atomic E-state index is -1.02. The lowest BCUT2D eigenvalue weighted by molar-refractivity contribution is 0.149. The number of aliphatic hydroxyl groups excluding tert-OH is 1. The number of halogens is 2. The molecule has 0 heterocycles. The van der Waals surface area contributed by atoms with Crippen LogP contribution in [0.15, 0.2) is 18.2 Å². The van der Waals surface area contributed by atoms with Crippen molar-refractivity contribution in [3.63, 3.8) is 0 Å². The topological polar surface area (TPSA) is 46.2 Å². The minimum Gasteiger partial charge on any atom is -0.387 e. The lowest BCUT2D eigenvalue weighted by Gasteiger charge is -2.15. The van der Waals surface area contributed by atoms with Gasteiger partial charge in [-0.05, 0) is 25.1 Å². The maximum atomic E-state index is 13.1. The molecule has 0 amide bonds. The van der Waals surface area contributed by atoms with Crippen LogP contribution in [0.2, 0.25) is 5.02 Å². The van der Waals surface area contributed by atoms with Gasteiger partial charge in [0.1, 0.15) is 5.82 Å². The van der Waals surface area contributed by atoms with Gasteiger partial charge in [-0.3, -0.25) is 0 Å². The van der Waals surface area contributed by atoms with E-state index in [2.05, 4.69) is 0 Å². The fourth-order valence-corrected chi connectivity index (χ4v) is 1.21. The Morgan fingerprint density at radius 1 is 1.54 bits per heavy atom. The SMILES string of the molecule is C[C@@H](N)[C@@H](O)c1cc(Cl)ccc1F. The van der Waals surface area contributed by atoms with E-state index in [0.717, 1.165) is 0 Å². The van der Waals surface area contributed by atoms with Crippen LogP contribution >= 0.6 is 11.6 Å². The molecule has 0 aliphatic carbocycles. The monoisotopic (exact) mass is 203 g/mol. The Kier molecular flexibility index (Phi) is 3.25. The molecule has 1 rings (SSSR count). The number of nitrogens with two attached hydrogens (primary N) is 1. The summed E-state index contributed by atoms with van der Waals surface area (Å²) in [5, 5.41) is 9.86. The van der Waals surface area contributed by atoms with E-state index in [0.29, 0.717) is 5.02 Å². The van der Waals surface area contributed by atoms with Crippen LogP contribution < -0.4 is 5.73 Å². The van der Waals surface area contributed by atoms with Gasteiger partial charge in [0.05, 0.1) is 6.10 Å². The zero-order valence-electron chi connectivity index (χ0n) is 7.17. The first kappa shape index (κ1) is 10.4. The maximum Gasteiger partial charge on any atom is 0.129 e. The van der Waals surface area contributed by atoms with E-state index < -0.39 is 18.0 Å². The minimum absolute atomic E-state index is 0.141. The highest BCUT2D eigenvalue weighted by molar-refractivity contribution is 6.30. The van der Waals surface area contributed by atoms with Crippen LogP contribution in [-0.4, -0.2) is 11.1 Å². The van der Waals surface area contributed by atoms with E-state index in [-0.39, 0.29) is 5.56 Å². The van der Waals surface area contributed by atoms with Gasteiger partial charge in [-0.2, -0.15) is 0 Å². The number of benzene rings is 1. The predicted octanol–water partition coefficient (Wildman–Crippen LogP) is 1.86. The third-order valence-electron chi connectivity index (χ3n) is 1.77. The molecule has 0 aliphatic heterocycles. The average Bonchev–Trinajstić information content (AvgIpc) is 2.08. The lowest BCUT2D eigenvalue weighted by atomic mass is 10.0. The molecule has 0 saturated heterocycles. The van der Waals surface area contributed by atoms with Crippen LogP contribution in [0, 0.1) is 5.82 Å². The highest BCUT2D eigenvalue weighted by Gasteiger charge is 2.16. The summed E-state index contributed by atoms with van der Waals surface area (Å²) in [6.45, 7) is 1.60. The number of aliphatic hydroxyl groups is 1. The zero-order chi connectivity index (χ0) is 10.0. The molecule has 1 aromatic rings. The second kappa shape index (κ2) is 4.05. The second-order valence-corrected chi connectivity index (χ2v) is 3.41. The fourth-order valence-electron chi connectivity index (χ4n) is 1.02. The highest BCUT2D eigenvalue weighted by atomic mass is 35.5. The molecule has 0 bridgehead atoms. The standard InChI is InChI=1S/C9H11ClFNO/c1-5(12)9(13)7-4-6(10)2-3-8(7)11/h2-5,9,13H,12H2,1H3/t5-,9-/m1/s1. The molecule has 0 unspecified atom stereocenters. The fraction of sp³-hybridized carbons (Fsp3) is 0.333. The van der Waals surface area contributed by atoms with Crippen LogP contribution in [0.4, 0.5) is 4.39 Å². The Morgan fingerprint density at radius 2 is 2.15 bits per heavy atom. The summed E-state index contributed by atoms with van der Waals surface area (Å²) in [5.41, 5.74) is 5.57. The first-order valence-corrected chi connectivity index (χ1v) is 4.28. The molecule has 0 radical (unpaired) electrons. The largest absolute Gasteiger partial charge is 0.387 e. The third kappa shape index (κ3) is 2.40. The summed E-state index contributed by atoms with van der Waals surface area (Å²) >= 11 is 5.65. The van der Waals surface area contributed by atoms with E-state index in [1.165, 1.54) is 18.2 Å². The van der Waals surface area contributed by atoms with Gasteiger partial charge in [0.25, 0.3) is 0 Å². The van der Waals surface area contributed by atoms with Crippen molar-refractivity contribution in [3.05, 3.63) is 34.6 Å². The third-order valence-corrected chi connectivity index (χ3v) is 2.01. The van der Waals surface area contributed by atoms with E-state index >= 15 is 0 Å². The van der Waals surface area contributed by atoms with Crippen molar-refractivity contribution in [2.75, 3.05) is 0 Å². The Balaban J connectivity index is 3.05. The summed E-state index contributed by atoms with van der Waals surface area (Å²) in [5.74, 6) is -0.491. The highest BCUT2D eigenvalue weighted by Crippen LogP contribution is 2.22. The van der Waals surface area contributed by atoms with Gasteiger partial charge < -0.3 is 10.8 Å².